The van der Waals surface area contributed by atoms with Gasteiger partial charge in [0.15, 0.2) is 6.29 Å². The summed E-state index contributed by atoms with van der Waals surface area (Å²) in [5.74, 6) is 0. The van der Waals surface area contributed by atoms with E-state index < -0.39 is 17.5 Å². The van der Waals surface area contributed by atoms with Gasteiger partial charge in [0.25, 0.3) is 0 Å². The van der Waals surface area contributed by atoms with Crippen LogP contribution >= 0.6 is 0 Å². The Morgan fingerprint density at radius 3 is 2.39 bits per heavy atom. The summed E-state index contributed by atoms with van der Waals surface area (Å²) in [7, 11) is 1.93. The van der Waals surface area contributed by atoms with Crippen molar-refractivity contribution in [3.63, 3.8) is 0 Å². The molecule has 3 aromatic heterocycles. The van der Waals surface area contributed by atoms with E-state index >= 15 is 0 Å². The number of pyridine rings is 2. The number of aldehydes is 1. The van der Waals surface area contributed by atoms with Gasteiger partial charge in [0.1, 0.15) is 17.7 Å². The summed E-state index contributed by atoms with van der Waals surface area (Å²) in [4.78, 5) is 28.0. The van der Waals surface area contributed by atoms with Crippen LogP contribution in [-0.2, 0) is 12.6 Å². The van der Waals surface area contributed by atoms with Crippen molar-refractivity contribution in [2.75, 3.05) is 20.1 Å². The highest BCUT2D eigenvalue weighted by molar-refractivity contribution is 5.84. The lowest BCUT2D eigenvalue weighted by molar-refractivity contribution is -0.141. The predicted molar refractivity (Wildman–Crippen MR) is 114 cm³/mol. The maximum Gasteiger partial charge on any atom is 0.433 e. The van der Waals surface area contributed by atoms with Crippen LogP contribution in [0.4, 0.5) is 17.6 Å². The minimum absolute atomic E-state index is 0.131. The molecule has 4 heterocycles. The third-order valence-corrected chi connectivity index (χ3v) is 5.31. The molecule has 33 heavy (non-hydrogen) atoms. The summed E-state index contributed by atoms with van der Waals surface area (Å²) in [6, 6.07) is 7.37. The third-order valence-electron chi connectivity index (χ3n) is 5.31. The van der Waals surface area contributed by atoms with Crippen molar-refractivity contribution in [2.24, 2.45) is 0 Å². The van der Waals surface area contributed by atoms with E-state index in [9.17, 15) is 22.4 Å². The van der Waals surface area contributed by atoms with E-state index in [1.54, 1.807) is 30.6 Å². The second-order valence-electron chi connectivity index (χ2n) is 7.83. The number of halogens is 4. The van der Waals surface area contributed by atoms with Crippen molar-refractivity contribution in [1.29, 1.82) is 0 Å². The van der Waals surface area contributed by atoms with Crippen LogP contribution in [0.25, 0.3) is 11.4 Å². The molecule has 0 atom stereocenters. The van der Waals surface area contributed by atoms with E-state index in [-0.39, 0.29) is 6.42 Å². The molecule has 0 amide bonds. The molecule has 0 unspecified atom stereocenters. The molecule has 0 radical (unpaired) electrons. The van der Waals surface area contributed by atoms with Crippen LogP contribution in [0.2, 0.25) is 0 Å². The average Bonchev–Trinajstić information content (AvgIpc) is 2.82. The van der Waals surface area contributed by atoms with Gasteiger partial charge in [0.05, 0.1) is 11.4 Å². The number of carbonyl (C=O) groups excluding carboxylic acids is 1. The fourth-order valence-electron chi connectivity index (χ4n) is 3.42. The topological polar surface area (TPSA) is 71.9 Å². The fraction of sp³-hybridized carbons (Fsp3) is 0.348. The monoisotopic (exact) mass is 461 g/mol. The summed E-state index contributed by atoms with van der Waals surface area (Å²) in [6.45, 7) is 1.34. The van der Waals surface area contributed by atoms with Gasteiger partial charge in [-0.25, -0.2) is 14.4 Å². The van der Waals surface area contributed by atoms with E-state index in [4.69, 9.17) is 0 Å². The number of carbonyl (C=O) groups is 1. The Morgan fingerprint density at radius 1 is 1.06 bits per heavy atom. The van der Waals surface area contributed by atoms with Gasteiger partial charge in [-0.05, 0) is 49.7 Å². The maximum atomic E-state index is 14.5. The molecule has 1 aliphatic heterocycles. The van der Waals surface area contributed by atoms with Gasteiger partial charge in [-0.15, -0.1) is 0 Å². The Hall–Kier alpha value is -3.27. The maximum absolute atomic E-state index is 14.5. The van der Waals surface area contributed by atoms with E-state index in [1.807, 2.05) is 11.9 Å². The molecule has 3 aromatic rings. The zero-order valence-electron chi connectivity index (χ0n) is 18.0. The zero-order valence-corrected chi connectivity index (χ0v) is 18.0. The number of alkyl halides is 4. The van der Waals surface area contributed by atoms with E-state index in [2.05, 4.69) is 19.9 Å². The van der Waals surface area contributed by atoms with Gasteiger partial charge in [0.2, 0.25) is 0 Å². The molecular formula is C23H23F4N5O. The number of hydrogen-bond acceptors (Lipinski definition) is 6. The average molecular weight is 461 g/mol. The number of hydrogen-bond donors (Lipinski definition) is 0. The SMILES string of the molecule is CN1CCC(F)(Cc2ccc(C(F)(F)F)nc2)CC1.O=Cc1cccnc1-c1ccncn1. The molecule has 0 aromatic carbocycles. The van der Waals surface area contributed by atoms with Crippen LogP contribution < -0.4 is 0 Å². The standard InChI is InChI=1S/C13H16F4N2.C10H7N3O/c1-19-6-4-12(14,5-7-19)8-10-2-3-11(18-9-10)13(15,16)17;14-6-8-2-1-4-12-10(8)9-3-5-11-7-13-9/h2-3,9H,4-8H2,1H3;1-7H. The van der Waals surface area contributed by atoms with Crippen LogP contribution in [0.15, 0.2) is 55.2 Å². The predicted octanol–water partition coefficient (Wildman–Crippen LogP) is 4.43. The molecule has 1 aliphatic rings. The summed E-state index contributed by atoms with van der Waals surface area (Å²) >= 11 is 0. The number of likely N-dealkylation sites (tertiary alicyclic amines) is 1. The lowest BCUT2D eigenvalue weighted by atomic mass is 9.87. The Kier molecular flexibility index (Phi) is 7.80. The highest BCUT2D eigenvalue weighted by Crippen LogP contribution is 2.31. The number of piperidine rings is 1. The normalized spacial score (nSPS) is 15.9. The largest absolute Gasteiger partial charge is 0.433 e. The highest BCUT2D eigenvalue weighted by atomic mass is 19.4. The smallest absolute Gasteiger partial charge is 0.306 e. The summed E-state index contributed by atoms with van der Waals surface area (Å²) in [5.41, 5.74) is 0.0277. The van der Waals surface area contributed by atoms with Gasteiger partial charge in [0, 0.05) is 43.7 Å². The van der Waals surface area contributed by atoms with Crippen molar-refractivity contribution < 1.29 is 22.4 Å². The highest BCUT2D eigenvalue weighted by Gasteiger charge is 2.35. The van der Waals surface area contributed by atoms with Crippen LogP contribution in [-0.4, -0.2) is 56.9 Å². The first-order valence-electron chi connectivity index (χ1n) is 10.3. The first-order chi connectivity index (χ1) is 15.7. The molecule has 174 valence electrons. The molecule has 0 bridgehead atoms. The molecule has 0 aliphatic carbocycles. The van der Waals surface area contributed by atoms with E-state index in [0.717, 1.165) is 18.5 Å². The first kappa shape index (κ1) is 24.4. The van der Waals surface area contributed by atoms with Crippen LogP contribution in [0.5, 0.6) is 0 Å². The number of nitrogens with zero attached hydrogens (tertiary/aromatic N) is 5. The molecule has 0 N–H and O–H groups in total. The van der Waals surface area contributed by atoms with Gasteiger partial charge in [-0.1, -0.05) is 6.07 Å². The molecule has 1 saturated heterocycles. The quantitative estimate of drug-likeness (QED) is 0.423. The van der Waals surface area contributed by atoms with E-state index in [0.29, 0.717) is 48.4 Å². The van der Waals surface area contributed by atoms with Crippen LogP contribution in [0.3, 0.4) is 0 Å². The Bertz CT molecular complexity index is 1040. The van der Waals surface area contributed by atoms with Gasteiger partial charge >= 0.3 is 6.18 Å². The van der Waals surface area contributed by atoms with Crippen molar-refractivity contribution >= 4 is 6.29 Å². The minimum atomic E-state index is -4.44. The second kappa shape index (κ2) is 10.6. The number of aromatic nitrogens is 4. The third kappa shape index (κ3) is 6.85. The first-order valence-corrected chi connectivity index (χ1v) is 10.3. The number of rotatable bonds is 4. The fourth-order valence-corrected chi connectivity index (χ4v) is 3.42. The van der Waals surface area contributed by atoms with Crippen LogP contribution in [0, 0.1) is 0 Å². The van der Waals surface area contributed by atoms with Crippen molar-refractivity contribution in [1.82, 2.24) is 24.8 Å². The lowest BCUT2D eigenvalue weighted by Crippen LogP contribution is -2.41. The van der Waals surface area contributed by atoms with Crippen LogP contribution in [0.1, 0.15) is 34.5 Å². The molecule has 1 fully saturated rings. The van der Waals surface area contributed by atoms with Crippen molar-refractivity contribution in [3.8, 4) is 11.4 Å². The van der Waals surface area contributed by atoms with E-state index in [1.165, 1.54) is 12.4 Å². The Morgan fingerprint density at radius 2 is 1.82 bits per heavy atom. The molecule has 10 heteroatoms. The van der Waals surface area contributed by atoms with Gasteiger partial charge in [-0.3, -0.25) is 14.8 Å². The van der Waals surface area contributed by atoms with Gasteiger partial charge in [-0.2, -0.15) is 13.2 Å². The van der Waals surface area contributed by atoms with Crippen molar-refractivity contribution in [2.45, 2.75) is 31.1 Å². The lowest BCUT2D eigenvalue weighted by Gasteiger charge is -2.34. The van der Waals surface area contributed by atoms with Crippen molar-refractivity contribution in [3.05, 3.63) is 72.1 Å². The summed E-state index contributed by atoms with van der Waals surface area (Å²) < 4.78 is 51.6. The molecule has 4 rings (SSSR count). The summed E-state index contributed by atoms with van der Waals surface area (Å²) in [6.07, 6.45) is 3.07. The Balaban J connectivity index is 0.000000194. The minimum Gasteiger partial charge on any atom is -0.306 e. The molecule has 0 spiro atoms. The molecular weight excluding hydrogens is 438 g/mol. The summed E-state index contributed by atoms with van der Waals surface area (Å²) in [5, 5.41) is 0. The van der Waals surface area contributed by atoms with Gasteiger partial charge < -0.3 is 4.90 Å². The Labute approximate surface area is 188 Å². The molecule has 0 saturated carbocycles. The molecule has 6 nitrogen and oxygen atoms in total. The zero-order chi connectivity index (χ0) is 23.9. The second-order valence-corrected chi connectivity index (χ2v) is 7.83.